The number of hydrogen-bond acceptors (Lipinski definition) is 4. The van der Waals surface area contributed by atoms with Crippen LogP contribution in [0.4, 0.5) is 0 Å². The normalized spacial score (nSPS) is 31.4. The molecule has 5 heteroatoms. The van der Waals surface area contributed by atoms with Crippen molar-refractivity contribution in [3.8, 4) is 0 Å². The third-order valence-corrected chi connectivity index (χ3v) is 4.15. The lowest BCUT2D eigenvalue weighted by Gasteiger charge is -2.32. The summed E-state index contributed by atoms with van der Waals surface area (Å²) in [5, 5.41) is -0.470. The third kappa shape index (κ3) is 2.28. The van der Waals surface area contributed by atoms with Crippen LogP contribution < -0.4 is 4.78 Å². The van der Waals surface area contributed by atoms with Gasteiger partial charge in [-0.25, -0.2) is 4.98 Å². The lowest BCUT2D eigenvalue weighted by Crippen LogP contribution is -2.41. The van der Waals surface area contributed by atoms with E-state index in [2.05, 4.69) is 4.98 Å². The van der Waals surface area contributed by atoms with Crippen molar-refractivity contribution in [1.29, 1.82) is 0 Å². The van der Waals surface area contributed by atoms with Crippen molar-refractivity contribution in [3.05, 3.63) is 11.2 Å². The Kier molecular flexibility index (Phi) is 1.48. The fraction of sp³-hybridized carbons (Fsp3) is 0.750. The predicted octanol–water partition coefficient (Wildman–Crippen LogP) is 2.57. The van der Waals surface area contributed by atoms with E-state index in [1.807, 2.05) is 27.7 Å². The van der Waals surface area contributed by atoms with Gasteiger partial charge >= 0.3 is 7.12 Å². The van der Waals surface area contributed by atoms with Gasteiger partial charge in [0, 0.05) is 21.7 Å². The summed E-state index contributed by atoms with van der Waals surface area (Å²) in [5.41, 5.74) is -1.36. The Balaban J connectivity index is 2.51. The van der Waals surface area contributed by atoms with Crippen LogP contribution >= 0.6 is 11.3 Å². The molecule has 1 aromatic heterocycles. The average Bonchev–Trinajstić information content (AvgIpc) is 2.84. The molecule has 0 amide bonds. The van der Waals surface area contributed by atoms with Crippen LogP contribution in [0.15, 0.2) is 6.17 Å². The van der Waals surface area contributed by atoms with Gasteiger partial charge in [0.1, 0.15) is 0 Å². The molecule has 1 saturated heterocycles. The third-order valence-electron chi connectivity index (χ3n) is 3.16. The Labute approximate surface area is 119 Å². The molecule has 2 heterocycles. The van der Waals surface area contributed by atoms with E-state index in [9.17, 15) is 0 Å². The minimum atomic E-state index is -3.14. The molecule has 0 radical (unpaired) electrons. The molecule has 1 fully saturated rings. The van der Waals surface area contributed by atoms with E-state index >= 15 is 0 Å². The van der Waals surface area contributed by atoms with Gasteiger partial charge in [-0.05, 0) is 27.7 Å². The monoisotopic (exact) mass is 261 g/mol. The Morgan fingerprint density at radius 2 is 2.00 bits per heavy atom. The fourth-order valence-electron chi connectivity index (χ4n) is 1.41. The second-order valence-electron chi connectivity index (χ2n) is 4.96. The summed E-state index contributed by atoms with van der Waals surface area (Å²) in [4.78, 5) is 3.77. The maximum atomic E-state index is 8.16. The van der Waals surface area contributed by atoms with Crippen molar-refractivity contribution in [3.63, 3.8) is 0 Å². The zero-order chi connectivity index (χ0) is 19.6. The van der Waals surface area contributed by atoms with Crippen LogP contribution in [-0.4, -0.2) is 23.3 Å². The molecule has 94 valence electrons. The summed E-state index contributed by atoms with van der Waals surface area (Å²) in [6.45, 7) is 0.984. The zero-order valence-electron chi connectivity index (χ0n) is 18.2. The van der Waals surface area contributed by atoms with Gasteiger partial charge in [0.15, 0.2) is 0 Å². The van der Waals surface area contributed by atoms with Gasteiger partial charge in [-0.1, -0.05) is 13.7 Å². The van der Waals surface area contributed by atoms with E-state index in [4.69, 9.17) is 20.3 Å². The van der Waals surface area contributed by atoms with E-state index in [1.54, 1.807) is 0 Å². The lowest BCUT2D eigenvalue weighted by atomic mass is 9.89. The fourth-order valence-corrected chi connectivity index (χ4v) is 2.10. The SMILES string of the molecule is [2H]c1nc(C([2H])(C([2H])([2H])[2H])C([2H])([2H])[2H])sc1B1OC(C)(C)C(C)(C)O1. The number of thiazole rings is 1. The van der Waals surface area contributed by atoms with Gasteiger partial charge in [-0.3, -0.25) is 0 Å². The van der Waals surface area contributed by atoms with Crippen molar-refractivity contribution in [1.82, 2.24) is 4.98 Å². The van der Waals surface area contributed by atoms with Crippen LogP contribution in [0.1, 0.15) is 63.3 Å². The standard InChI is InChI=1S/C12H20BNO2S/c1-8(2)10-14-7-9(17-10)13-15-11(3,4)12(5,6)16-13/h7-8H,1-6H3/i1D3,2D3,7D,8D. The summed E-state index contributed by atoms with van der Waals surface area (Å²) in [6, 6.07) is 0. The molecule has 3 nitrogen and oxygen atoms in total. The van der Waals surface area contributed by atoms with Crippen molar-refractivity contribution in [2.24, 2.45) is 0 Å². The highest BCUT2D eigenvalue weighted by atomic mass is 32.1. The predicted molar refractivity (Wildman–Crippen MR) is 71.9 cm³/mol. The summed E-state index contributed by atoms with van der Waals surface area (Å²) in [5.74, 6) is -2.93. The molecule has 0 aliphatic carbocycles. The Hall–Kier alpha value is -0.385. The second-order valence-corrected chi connectivity index (χ2v) is 5.99. The van der Waals surface area contributed by atoms with Crippen molar-refractivity contribution in [2.75, 3.05) is 0 Å². The molecule has 0 bridgehead atoms. The van der Waals surface area contributed by atoms with Gasteiger partial charge in [0.05, 0.1) is 22.4 Å². The van der Waals surface area contributed by atoms with E-state index in [0.29, 0.717) is 11.3 Å². The van der Waals surface area contributed by atoms with E-state index in [0.717, 1.165) is 0 Å². The Morgan fingerprint density at radius 1 is 1.41 bits per heavy atom. The molecule has 1 aliphatic heterocycles. The van der Waals surface area contributed by atoms with Crippen LogP contribution in [0.5, 0.6) is 0 Å². The number of nitrogens with zero attached hydrogens (tertiary/aromatic N) is 1. The zero-order valence-corrected chi connectivity index (χ0v) is 11.1. The van der Waals surface area contributed by atoms with Crippen molar-refractivity contribution < 1.29 is 20.3 Å². The first-order chi connectivity index (χ1) is 10.9. The maximum absolute atomic E-state index is 8.16. The van der Waals surface area contributed by atoms with Crippen LogP contribution in [0.3, 0.4) is 0 Å². The highest BCUT2D eigenvalue weighted by molar-refractivity contribution is 7.22. The van der Waals surface area contributed by atoms with Gasteiger partial charge < -0.3 is 9.31 Å². The molecule has 17 heavy (non-hydrogen) atoms. The highest BCUT2D eigenvalue weighted by Crippen LogP contribution is 2.37. The summed E-state index contributed by atoms with van der Waals surface area (Å²) >= 11 is 0.663. The molecule has 0 unspecified atom stereocenters. The minimum Gasteiger partial charge on any atom is -0.399 e. The molecule has 1 aliphatic rings. The Bertz CT molecular complexity index is 639. The van der Waals surface area contributed by atoms with Gasteiger partial charge in [0.2, 0.25) is 0 Å². The molecule has 2 rings (SSSR count). The topological polar surface area (TPSA) is 31.4 Å². The van der Waals surface area contributed by atoms with Crippen LogP contribution in [0.2, 0.25) is 0 Å². The molecular formula is C12H20BNO2S. The van der Waals surface area contributed by atoms with E-state index < -0.39 is 42.9 Å². The quantitative estimate of drug-likeness (QED) is 0.767. The summed E-state index contributed by atoms with van der Waals surface area (Å²) in [7, 11) is -0.971. The maximum Gasteiger partial charge on any atom is 0.507 e. The molecule has 0 aromatic carbocycles. The first-order valence-electron chi connectivity index (χ1n) is 9.27. The number of rotatable bonds is 2. The molecule has 0 spiro atoms. The summed E-state index contributed by atoms with van der Waals surface area (Å²) < 4.78 is 73.1. The molecule has 0 saturated carbocycles. The number of hydrogen-bond donors (Lipinski definition) is 0. The Morgan fingerprint density at radius 3 is 2.53 bits per heavy atom. The largest absolute Gasteiger partial charge is 0.507 e. The molecular weight excluding hydrogens is 233 g/mol. The minimum absolute atomic E-state index is 0.152. The average molecular weight is 261 g/mol. The van der Waals surface area contributed by atoms with Crippen LogP contribution in [-0.2, 0) is 9.31 Å². The van der Waals surface area contributed by atoms with Crippen LogP contribution in [0.25, 0.3) is 0 Å². The second kappa shape index (κ2) is 4.07. The first kappa shape index (κ1) is 6.17. The number of aromatic nitrogens is 1. The molecule has 1 aromatic rings. The molecule has 0 N–H and O–H groups in total. The van der Waals surface area contributed by atoms with E-state index in [-0.39, 0.29) is 10.9 Å². The van der Waals surface area contributed by atoms with Gasteiger partial charge in [-0.15, -0.1) is 11.3 Å². The van der Waals surface area contributed by atoms with Crippen molar-refractivity contribution >= 4 is 23.2 Å². The lowest BCUT2D eigenvalue weighted by molar-refractivity contribution is 0.00578. The van der Waals surface area contributed by atoms with Crippen LogP contribution in [0, 0.1) is 0 Å². The van der Waals surface area contributed by atoms with Gasteiger partial charge in [0.25, 0.3) is 0 Å². The summed E-state index contributed by atoms with van der Waals surface area (Å²) in [6.07, 6.45) is -0.344. The van der Waals surface area contributed by atoms with E-state index in [1.165, 1.54) is 0 Å². The van der Waals surface area contributed by atoms with Crippen molar-refractivity contribution in [2.45, 2.75) is 58.5 Å². The van der Waals surface area contributed by atoms with Gasteiger partial charge in [-0.2, -0.15) is 0 Å². The smallest absolute Gasteiger partial charge is 0.399 e. The highest BCUT2D eigenvalue weighted by Gasteiger charge is 2.52. The first-order valence-corrected chi connectivity index (χ1v) is 6.09. The molecule has 0 atom stereocenters.